The molecule has 1 fully saturated rings. The summed E-state index contributed by atoms with van der Waals surface area (Å²) in [6.45, 7) is 3.32. The lowest BCUT2D eigenvalue weighted by molar-refractivity contribution is -0.137. The summed E-state index contributed by atoms with van der Waals surface area (Å²) in [7, 11) is 3.64. The summed E-state index contributed by atoms with van der Waals surface area (Å²) in [5.74, 6) is -0.485. The van der Waals surface area contributed by atoms with Crippen molar-refractivity contribution in [2.24, 2.45) is 5.73 Å². The van der Waals surface area contributed by atoms with Gasteiger partial charge in [0.25, 0.3) is 0 Å². The molecule has 4 aromatic rings. The van der Waals surface area contributed by atoms with Crippen LogP contribution in [0.5, 0.6) is 11.5 Å². The van der Waals surface area contributed by atoms with E-state index < -0.39 is 23.6 Å². The molecular weight excluding hydrogens is 523 g/mol. The topological polar surface area (TPSA) is 93.8 Å². The Kier molecular flexibility index (Phi) is 7.59. The molecule has 0 spiro atoms. The molecular formula is C29H28F3N5O3. The van der Waals surface area contributed by atoms with Crippen molar-refractivity contribution in [2.45, 2.75) is 12.1 Å². The van der Waals surface area contributed by atoms with Crippen molar-refractivity contribution in [2.75, 3.05) is 40.3 Å². The normalized spacial score (nSPS) is 15.6. The number of piperazine rings is 1. The minimum atomic E-state index is -4.47. The highest BCUT2D eigenvalue weighted by Crippen LogP contribution is 2.37. The fourth-order valence-electron chi connectivity index (χ4n) is 4.76. The molecule has 2 heterocycles. The van der Waals surface area contributed by atoms with E-state index >= 15 is 0 Å². The Morgan fingerprint density at radius 3 is 2.12 bits per heavy atom. The van der Waals surface area contributed by atoms with Crippen LogP contribution in [0.4, 0.5) is 13.2 Å². The lowest BCUT2D eigenvalue weighted by atomic mass is 9.89. The number of halogens is 3. The van der Waals surface area contributed by atoms with Gasteiger partial charge in [-0.05, 0) is 36.4 Å². The number of nitrogens with two attached hydrogens (primary N) is 1. The maximum Gasteiger partial charge on any atom is 0.416 e. The molecule has 1 aromatic heterocycles. The van der Waals surface area contributed by atoms with Crippen LogP contribution in [-0.2, 0) is 11.0 Å². The maximum atomic E-state index is 13.0. The summed E-state index contributed by atoms with van der Waals surface area (Å²) in [6.07, 6.45) is -3.00. The Hall–Kier alpha value is -4.22. The highest BCUT2D eigenvalue weighted by atomic mass is 19.4. The zero-order valence-corrected chi connectivity index (χ0v) is 22.0. The molecule has 0 saturated carbocycles. The third-order valence-corrected chi connectivity index (χ3v) is 6.98. The molecule has 8 nitrogen and oxygen atoms in total. The monoisotopic (exact) mass is 551 g/mol. The molecule has 1 aliphatic heterocycles. The molecule has 1 amide bonds. The summed E-state index contributed by atoms with van der Waals surface area (Å²) in [5, 5.41) is 2.64. The number of carbonyl (C=O) groups excluding carboxylic acids is 1. The molecule has 11 heteroatoms. The number of methoxy groups -OCH3 is 1. The SMILES string of the molecule is COc1cc2c(-c3ccc(C(C(N)=O)c4ccc(C(F)(F)F)cc4)cc3)ncnc2cc1ON1CCN(C)CC1. The maximum absolute atomic E-state index is 13.0. The van der Waals surface area contributed by atoms with Crippen molar-refractivity contribution in [3.05, 3.63) is 83.7 Å². The van der Waals surface area contributed by atoms with Crippen LogP contribution in [-0.4, -0.2) is 66.2 Å². The van der Waals surface area contributed by atoms with Crippen molar-refractivity contribution >= 4 is 16.8 Å². The number of rotatable bonds is 7. The zero-order chi connectivity index (χ0) is 28.4. The molecule has 0 aliphatic carbocycles. The smallest absolute Gasteiger partial charge is 0.416 e. The number of benzene rings is 3. The molecule has 1 saturated heterocycles. The van der Waals surface area contributed by atoms with Crippen LogP contribution in [0.25, 0.3) is 22.2 Å². The molecule has 5 rings (SSSR count). The van der Waals surface area contributed by atoms with Crippen molar-refractivity contribution in [3.8, 4) is 22.8 Å². The van der Waals surface area contributed by atoms with Gasteiger partial charge in [0, 0.05) is 43.2 Å². The van der Waals surface area contributed by atoms with E-state index in [1.807, 2.05) is 17.2 Å². The zero-order valence-electron chi connectivity index (χ0n) is 22.0. The van der Waals surface area contributed by atoms with E-state index in [1.54, 1.807) is 31.4 Å². The predicted molar refractivity (Wildman–Crippen MR) is 144 cm³/mol. The number of hydroxylamine groups is 2. The number of ether oxygens (including phenoxy) is 1. The number of hydrogen-bond donors (Lipinski definition) is 1. The van der Waals surface area contributed by atoms with Crippen LogP contribution >= 0.6 is 0 Å². The lowest BCUT2D eigenvalue weighted by Gasteiger charge is -2.31. The second kappa shape index (κ2) is 11.1. The number of aromatic nitrogens is 2. The van der Waals surface area contributed by atoms with Gasteiger partial charge in [-0.1, -0.05) is 36.4 Å². The molecule has 3 aromatic carbocycles. The van der Waals surface area contributed by atoms with Crippen LogP contribution in [0.2, 0.25) is 0 Å². The third-order valence-electron chi connectivity index (χ3n) is 6.98. The molecule has 1 unspecified atom stereocenters. The Balaban J connectivity index is 1.44. The molecule has 208 valence electrons. The molecule has 0 radical (unpaired) electrons. The largest absolute Gasteiger partial charge is 0.493 e. The second-order valence-electron chi connectivity index (χ2n) is 9.64. The van der Waals surface area contributed by atoms with Crippen LogP contribution in [0, 0.1) is 0 Å². The van der Waals surface area contributed by atoms with Gasteiger partial charge >= 0.3 is 6.18 Å². The number of alkyl halides is 3. The Bertz CT molecular complexity index is 1500. The van der Waals surface area contributed by atoms with E-state index in [4.69, 9.17) is 15.3 Å². The van der Waals surface area contributed by atoms with E-state index in [-0.39, 0.29) is 0 Å². The number of carbonyl (C=O) groups is 1. The van der Waals surface area contributed by atoms with Gasteiger partial charge in [0.2, 0.25) is 5.91 Å². The summed E-state index contributed by atoms with van der Waals surface area (Å²) in [6, 6.07) is 15.1. The standard InChI is InChI=1S/C29H28F3N5O3/c1-36-11-13-37(14-12-36)40-25-16-23-22(15-24(25)39-2)27(35-17-34-23)20-5-3-18(4-6-20)26(28(33)38)19-7-9-21(10-8-19)29(30,31)32/h3-10,15-17,26H,11-14H2,1-2H3,(H2,33,38). The average Bonchev–Trinajstić information content (AvgIpc) is 2.94. The minimum Gasteiger partial charge on any atom is -0.493 e. The minimum absolute atomic E-state index is 0.373. The summed E-state index contributed by atoms with van der Waals surface area (Å²) in [4.78, 5) is 29.6. The fourth-order valence-corrected chi connectivity index (χ4v) is 4.76. The molecule has 0 bridgehead atoms. The molecule has 1 aliphatic rings. The summed E-state index contributed by atoms with van der Waals surface area (Å²) in [5.41, 5.74) is 7.85. The van der Waals surface area contributed by atoms with Crippen molar-refractivity contribution in [3.63, 3.8) is 0 Å². The van der Waals surface area contributed by atoms with Crippen LogP contribution in [0.1, 0.15) is 22.6 Å². The number of nitrogens with zero attached hydrogens (tertiary/aromatic N) is 4. The van der Waals surface area contributed by atoms with Gasteiger partial charge in [-0.2, -0.15) is 13.2 Å². The highest BCUT2D eigenvalue weighted by Gasteiger charge is 2.31. The van der Waals surface area contributed by atoms with Crippen LogP contribution in [0.15, 0.2) is 67.0 Å². The van der Waals surface area contributed by atoms with Gasteiger partial charge < -0.3 is 20.2 Å². The summed E-state index contributed by atoms with van der Waals surface area (Å²) < 4.78 is 44.6. The Morgan fingerprint density at radius 1 is 0.925 bits per heavy atom. The van der Waals surface area contributed by atoms with E-state index in [9.17, 15) is 18.0 Å². The Labute approximate surface area is 229 Å². The first-order valence-corrected chi connectivity index (χ1v) is 12.6. The van der Waals surface area contributed by atoms with Gasteiger partial charge in [-0.25, -0.2) is 9.97 Å². The third kappa shape index (κ3) is 5.70. The van der Waals surface area contributed by atoms with Gasteiger partial charge in [0.15, 0.2) is 11.5 Å². The fraction of sp³-hybridized carbons (Fsp3) is 0.276. The van der Waals surface area contributed by atoms with E-state index in [2.05, 4.69) is 21.9 Å². The van der Waals surface area contributed by atoms with Crippen LogP contribution in [0.3, 0.4) is 0 Å². The van der Waals surface area contributed by atoms with Gasteiger partial charge in [-0.3, -0.25) is 4.79 Å². The molecule has 2 N–H and O–H groups in total. The first-order chi connectivity index (χ1) is 19.1. The first kappa shape index (κ1) is 27.4. The van der Waals surface area contributed by atoms with Crippen molar-refractivity contribution in [1.29, 1.82) is 0 Å². The second-order valence-corrected chi connectivity index (χ2v) is 9.64. The molecule has 1 atom stereocenters. The quantitative estimate of drug-likeness (QED) is 0.362. The predicted octanol–water partition coefficient (Wildman–Crippen LogP) is 4.48. The van der Waals surface area contributed by atoms with Crippen molar-refractivity contribution in [1.82, 2.24) is 19.9 Å². The molecule has 40 heavy (non-hydrogen) atoms. The van der Waals surface area contributed by atoms with Gasteiger partial charge in [0.05, 0.1) is 29.8 Å². The number of likely N-dealkylation sites (N-methyl/N-ethyl adjacent to an activating group) is 1. The number of hydrogen-bond acceptors (Lipinski definition) is 7. The highest BCUT2D eigenvalue weighted by molar-refractivity contribution is 5.94. The Morgan fingerprint density at radius 2 is 1.55 bits per heavy atom. The number of amides is 1. The van der Waals surface area contributed by atoms with E-state index in [0.717, 1.165) is 49.3 Å². The van der Waals surface area contributed by atoms with Crippen LogP contribution < -0.4 is 15.3 Å². The van der Waals surface area contributed by atoms with Gasteiger partial charge in [0.1, 0.15) is 6.33 Å². The lowest BCUT2D eigenvalue weighted by Crippen LogP contribution is -2.45. The number of primary amides is 1. The average molecular weight is 552 g/mol. The van der Waals surface area contributed by atoms with E-state index in [1.165, 1.54) is 18.5 Å². The van der Waals surface area contributed by atoms with E-state index in [0.29, 0.717) is 33.8 Å². The van der Waals surface area contributed by atoms with Gasteiger partial charge in [-0.15, -0.1) is 5.06 Å². The summed E-state index contributed by atoms with van der Waals surface area (Å²) >= 11 is 0. The number of fused-ring (bicyclic) bond motifs is 1. The van der Waals surface area contributed by atoms with Crippen molar-refractivity contribution < 1.29 is 27.5 Å². The first-order valence-electron chi connectivity index (χ1n) is 12.6.